The zero-order chi connectivity index (χ0) is 26.5. The predicted molar refractivity (Wildman–Crippen MR) is 123 cm³/mol. The van der Waals surface area contributed by atoms with Gasteiger partial charge in [0.1, 0.15) is 18.1 Å². The van der Waals surface area contributed by atoms with Gasteiger partial charge in [0.15, 0.2) is 5.96 Å². The molecule has 0 aliphatic carbocycles. The van der Waals surface area contributed by atoms with Crippen LogP contribution in [0.3, 0.4) is 0 Å². The number of aromatic nitrogens is 2. The number of carbonyl (C=O) groups excluding carboxylic acids is 4. The number of carboxylic acids is 1. The number of guanidine groups is 1. The lowest BCUT2D eigenvalue weighted by atomic mass is 10.1. The van der Waals surface area contributed by atoms with Crippen molar-refractivity contribution in [1.29, 1.82) is 0 Å². The molecule has 0 spiro atoms. The van der Waals surface area contributed by atoms with E-state index in [0.717, 1.165) is 0 Å². The molecule has 0 aromatic carbocycles. The number of amides is 4. The van der Waals surface area contributed by atoms with Crippen LogP contribution in [0.5, 0.6) is 0 Å². The number of nitrogens with two attached hydrogens (primary N) is 4. The van der Waals surface area contributed by atoms with E-state index in [1.807, 2.05) is 0 Å². The molecule has 16 nitrogen and oxygen atoms in total. The summed E-state index contributed by atoms with van der Waals surface area (Å²) in [5.74, 6) is -4.75. The molecule has 4 amide bonds. The molecule has 0 radical (unpaired) electrons. The number of hydrogen-bond donors (Lipinski definition) is 9. The summed E-state index contributed by atoms with van der Waals surface area (Å²) in [7, 11) is 0. The first-order chi connectivity index (χ1) is 16.4. The Morgan fingerprint density at radius 2 is 1.63 bits per heavy atom. The van der Waals surface area contributed by atoms with Crippen molar-refractivity contribution in [2.75, 3.05) is 6.54 Å². The highest BCUT2D eigenvalue weighted by Gasteiger charge is 2.31. The third-order valence-electron chi connectivity index (χ3n) is 4.62. The van der Waals surface area contributed by atoms with E-state index in [1.54, 1.807) is 0 Å². The van der Waals surface area contributed by atoms with Crippen LogP contribution in [-0.4, -0.2) is 81.3 Å². The first-order valence-electron chi connectivity index (χ1n) is 10.6. The Morgan fingerprint density at radius 1 is 1.03 bits per heavy atom. The number of aliphatic carboxylic acids is 1. The Bertz CT molecular complexity index is 913. The lowest BCUT2D eigenvalue weighted by Crippen LogP contribution is -2.58. The summed E-state index contributed by atoms with van der Waals surface area (Å²) in [5.41, 5.74) is 21.6. The lowest BCUT2D eigenvalue weighted by molar-refractivity contribution is -0.142. The highest BCUT2D eigenvalue weighted by Crippen LogP contribution is 2.05. The average molecular weight is 497 g/mol. The fourth-order valence-electron chi connectivity index (χ4n) is 2.84. The molecule has 0 saturated heterocycles. The van der Waals surface area contributed by atoms with Crippen molar-refractivity contribution < 1.29 is 29.1 Å². The Hall–Kier alpha value is -4.21. The third-order valence-corrected chi connectivity index (χ3v) is 4.62. The minimum atomic E-state index is -1.40. The van der Waals surface area contributed by atoms with Crippen molar-refractivity contribution in [3.63, 3.8) is 0 Å². The monoisotopic (exact) mass is 496 g/mol. The van der Waals surface area contributed by atoms with Crippen LogP contribution >= 0.6 is 0 Å². The van der Waals surface area contributed by atoms with Crippen molar-refractivity contribution in [3.8, 4) is 0 Å². The second-order valence-electron chi connectivity index (χ2n) is 7.71. The second-order valence-corrected chi connectivity index (χ2v) is 7.71. The Labute approximate surface area is 200 Å². The number of aliphatic imine (C=N–C) groups is 1. The molecule has 0 aliphatic heterocycles. The quantitative estimate of drug-likeness (QED) is 0.0640. The molecule has 0 fully saturated rings. The molecule has 1 aromatic rings. The smallest absolute Gasteiger partial charge is 0.326 e. The number of carboxylic acid groups (broad SMARTS) is 1. The standard InChI is InChI=1S/C19H32N10O6/c1-9(20)15(31)28-13(6-14(21)30)17(33)29-12(5-10-7-24-8-26-10)16(32)27-11(18(34)35)3-2-4-25-19(22)23/h7-9,11-13H,2-6,20H2,1H3,(H2,21,30)(H,24,26)(H,27,32)(H,28,31)(H,29,33)(H,34,35)(H4,22,23,25). The van der Waals surface area contributed by atoms with Crippen molar-refractivity contribution in [2.24, 2.45) is 27.9 Å². The molecule has 1 heterocycles. The van der Waals surface area contributed by atoms with Gasteiger partial charge in [0.2, 0.25) is 23.6 Å². The molecular weight excluding hydrogens is 464 g/mol. The average Bonchev–Trinajstić information content (AvgIpc) is 3.27. The minimum absolute atomic E-state index is 0.0112. The summed E-state index contributed by atoms with van der Waals surface area (Å²) in [5, 5.41) is 16.6. The van der Waals surface area contributed by atoms with E-state index < -0.39 is 60.2 Å². The summed E-state index contributed by atoms with van der Waals surface area (Å²) in [6, 6.07) is -4.96. The molecule has 4 atom stereocenters. The van der Waals surface area contributed by atoms with Gasteiger partial charge >= 0.3 is 5.97 Å². The zero-order valence-electron chi connectivity index (χ0n) is 19.2. The van der Waals surface area contributed by atoms with E-state index >= 15 is 0 Å². The number of H-pyrrole nitrogens is 1. The molecule has 0 saturated carbocycles. The number of rotatable bonds is 15. The SMILES string of the molecule is CC(N)C(=O)NC(CC(N)=O)C(=O)NC(Cc1cnc[nH]1)C(=O)NC(CCCN=C(N)N)C(=O)O. The Balaban J connectivity index is 3.01. The maximum Gasteiger partial charge on any atom is 0.326 e. The zero-order valence-corrected chi connectivity index (χ0v) is 19.2. The lowest BCUT2D eigenvalue weighted by Gasteiger charge is -2.24. The summed E-state index contributed by atoms with van der Waals surface area (Å²) in [6.45, 7) is 1.53. The van der Waals surface area contributed by atoms with Crippen LogP contribution < -0.4 is 38.9 Å². The van der Waals surface area contributed by atoms with Gasteiger partial charge in [-0.1, -0.05) is 0 Å². The molecule has 35 heavy (non-hydrogen) atoms. The normalized spacial score (nSPS) is 14.0. The molecule has 0 bridgehead atoms. The number of hydrogen-bond acceptors (Lipinski definition) is 8. The van der Waals surface area contributed by atoms with Gasteiger partial charge in [-0.3, -0.25) is 24.2 Å². The number of nitrogens with one attached hydrogen (secondary N) is 4. The van der Waals surface area contributed by atoms with Crippen LogP contribution in [0.2, 0.25) is 0 Å². The van der Waals surface area contributed by atoms with Gasteiger partial charge in [0.05, 0.1) is 18.8 Å². The maximum atomic E-state index is 12.9. The fraction of sp³-hybridized carbons (Fsp3) is 0.526. The predicted octanol–water partition coefficient (Wildman–Crippen LogP) is -4.23. The largest absolute Gasteiger partial charge is 0.480 e. The molecule has 16 heteroatoms. The van der Waals surface area contributed by atoms with Crippen LogP contribution in [0.4, 0.5) is 0 Å². The summed E-state index contributed by atoms with van der Waals surface area (Å²) in [6.07, 6.45) is 2.39. The van der Waals surface area contributed by atoms with Gasteiger partial charge in [0.25, 0.3) is 0 Å². The maximum absolute atomic E-state index is 12.9. The van der Waals surface area contributed by atoms with Gasteiger partial charge in [0, 0.05) is 24.9 Å². The van der Waals surface area contributed by atoms with Crippen molar-refractivity contribution in [2.45, 2.75) is 56.8 Å². The number of imidazole rings is 1. The van der Waals surface area contributed by atoms with Gasteiger partial charge in [-0.05, 0) is 19.8 Å². The van der Waals surface area contributed by atoms with E-state index in [2.05, 4.69) is 30.9 Å². The highest BCUT2D eigenvalue weighted by molar-refractivity contribution is 5.96. The summed E-state index contributed by atoms with van der Waals surface area (Å²) in [4.78, 5) is 71.1. The number of primary amides is 1. The van der Waals surface area contributed by atoms with E-state index in [0.29, 0.717) is 5.69 Å². The van der Waals surface area contributed by atoms with E-state index in [4.69, 9.17) is 22.9 Å². The minimum Gasteiger partial charge on any atom is -0.480 e. The first-order valence-corrected chi connectivity index (χ1v) is 10.6. The second kappa shape index (κ2) is 14.1. The molecule has 1 rings (SSSR count). The van der Waals surface area contributed by atoms with Crippen LogP contribution in [0, 0.1) is 0 Å². The summed E-state index contributed by atoms with van der Waals surface area (Å²) >= 11 is 0. The van der Waals surface area contributed by atoms with E-state index in [1.165, 1.54) is 19.4 Å². The Morgan fingerprint density at radius 3 is 2.14 bits per heavy atom. The van der Waals surface area contributed by atoms with Crippen molar-refractivity contribution >= 4 is 35.6 Å². The third kappa shape index (κ3) is 11.0. The fourth-order valence-corrected chi connectivity index (χ4v) is 2.84. The van der Waals surface area contributed by atoms with Crippen LogP contribution in [0.15, 0.2) is 17.5 Å². The summed E-state index contributed by atoms with van der Waals surface area (Å²) < 4.78 is 0. The number of carbonyl (C=O) groups is 5. The number of nitrogens with zero attached hydrogens (tertiary/aromatic N) is 2. The van der Waals surface area contributed by atoms with Crippen molar-refractivity contribution in [3.05, 3.63) is 18.2 Å². The molecule has 13 N–H and O–H groups in total. The van der Waals surface area contributed by atoms with Crippen LogP contribution in [-0.2, 0) is 30.4 Å². The van der Waals surface area contributed by atoms with Crippen LogP contribution in [0.25, 0.3) is 0 Å². The molecule has 0 aliphatic rings. The Kier molecular flexibility index (Phi) is 11.6. The topological polar surface area (TPSA) is 287 Å². The number of aromatic amines is 1. The molecule has 194 valence electrons. The van der Waals surface area contributed by atoms with Gasteiger partial charge < -0.3 is 49.0 Å². The van der Waals surface area contributed by atoms with Crippen molar-refractivity contribution in [1.82, 2.24) is 25.9 Å². The molecular formula is C19H32N10O6. The van der Waals surface area contributed by atoms with E-state index in [-0.39, 0.29) is 31.8 Å². The van der Waals surface area contributed by atoms with E-state index in [9.17, 15) is 29.1 Å². The van der Waals surface area contributed by atoms with Crippen LogP contribution in [0.1, 0.15) is 31.9 Å². The molecule has 1 aromatic heterocycles. The van der Waals surface area contributed by atoms with Gasteiger partial charge in [-0.15, -0.1) is 0 Å². The molecule has 4 unspecified atom stereocenters. The first kappa shape index (κ1) is 28.8. The van der Waals surface area contributed by atoms with Gasteiger partial charge in [-0.2, -0.15) is 0 Å². The highest BCUT2D eigenvalue weighted by atomic mass is 16.4. The van der Waals surface area contributed by atoms with Gasteiger partial charge in [-0.25, -0.2) is 9.78 Å².